The number of carbonyl (C=O) groups is 1. The molecule has 1 unspecified atom stereocenters. The average Bonchev–Trinajstić information content (AvgIpc) is 2.53. The zero-order valence-electron chi connectivity index (χ0n) is 13.1. The van der Waals surface area contributed by atoms with Crippen molar-refractivity contribution < 1.29 is 9.90 Å². The van der Waals surface area contributed by atoms with Crippen LogP contribution in [0.1, 0.15) is 43.4 Å². The van der Waals surface area contributed by atoms with Crippen LogP contribution in [0.25, 0.3) is 0 Å². The molecule has 0 aliphatic carbocycles. The van der Waals surface area contributed by atoms with Crippen LogP contribution < -0.4 is 5.32 Å². The topological polar surface area (TPSA) is 49.3 Å². The van der Waals surface area contributed by atoms with Crippen LogP contribution in [-0.2, 0) is 4.79 Å². The van der Waals surface area contributed by atoms with Gasteiger partial charge in [-0.2, -0.15) is 0 Å². The van der Waals surface area contributed by atoms with Crippen molar-refractivity contribution >= 4 is 5.97 Å². The summed E-state index contributed by atoms with van der Waals surface area (Å²) in [5.74, 6) is -0.529. The maximum absolute atomic E-state index is 10.9. The molecular formula is C19H23NO2. The van der Waals surface area contributed by atoms with Gasteiger partial charge in [0.1, 0.15) is 0 Å². The van der Waals surface area contributed by atoms with Gasteiger partial charge in [0.05, 0.1) is 6.42 Å². The summed E-state index contributed by atoms with van der Waals surface area (Å²) in [7, 11) is 0. The van der Waals surface area contributed by atoms with Crippen LogP contribution in [-0.4, -0.2) is 17.1 Å². The van der Waals surface area contributed by atoms with Crippen LogP contribution in [0.3, 0.4) is 0 Å². The van der Waals surface area contributed by atoms with Crippen LogP contribution in [0.15, 0.2) is 60.7 Å². The van der Waals surface area contributed by atoms with E-state index in [2.05, 4.69) is 36.5 Å². The molecule has 3 atom stereocenters. The molecule has 2 aromatic carbocycles. The Balaban J connectivity index is 2.24. The van der Waals surface area contributed by atoms with E-state index in [4.69, 9.17) is 5.11 Å². The Kier molecular flexibility index (Phi) is 5.73. The Hall–Kier alpha value is -2.13. The molecule has 2 aromatic rings. The summed E-state index contributed by atoms with van der Waals surface area (Å²) in [6.45, 7) is 4.09. The molecule has 0 bridgehead atoms. The van der Waals surface area contributed by atoms with E-state index < -0.39 is 5.97 Å². The molecule has 0 saturated carbocycles. The average molecular weight is 297 g/mol. The van der Waals surface area contributed by atoms with Gasteiger partial charge >= 0.3 is 5.97 Å². The van der Waals surface area contributed by atoms with E-state index in [-0.39, 0.29) is 24.4 Å². The van der Waals surface area contributed by atoms with Gasteiger partial charge in [0.25, 0.3) is 0 Å². The van der Waals surface area contributed by atoms with Crippen molar-refractivity contribution in [3.63, 3.8) is 0 Å². The molecule has 3 nitrogen and oxygen atoms in total. The molecule has 0 aromatic heterocycles. The zero-order chi connectivity index (χ0) is 15.9. The Morgan fingerprint density at radius 1 is 0.955 bits per heavy atom. The molecule has 2 N–H and O–H groups in total. The molecular weight excluding hydrogens is 274 g/mol. The minimum Gasteiger partial charge on any atom is -0.481 e. The summed E-state index contributed by atoms with van der Waals surface area (Å²) < 4.78 is 0. The second-order valence-electron chi connectivity index (χ2n) is 5.75. The SMILES string of the molecule is CC(c1ccccc1)[C@H](N[C@@H](C)CC(=O)O)c1ccccc1. The van der Waals surface area contributed by atoms with Crippen molar-refractivity contribution in [1.29, 1.82) is 0 Å². The number of carboxylic acid groups (broad SMARTS) is 1. The minimum atomic E-state index is -0.779. The van der Waals surface area contributed by atoms with E-state index in [0.29, 0.717) is 0 Å². The largest absolute Gasteiger partial charge is 0.481 e. The second kappa shape index (κ2) is 7.76. The number of aliphatic carboxylic acids is 1. The molecule has 22 heavy (non-hydrogen) atoms. The van der Waals surface area contributed by atoms with Gasteiger partial charge in [0.15, 0.2) is 0 Å². The maximum atomic E-state index is 10.9. The smallest absolute Gasteiger partial charge is 0.304 e. The molecule has 0 fully saturated rings. The molecule has 0 radical (unpaired) electrons. The lowest BCUT2D eigenvalue weighted by Gasteiger charge is -2.29. The van der Waals surface area contributed by atoms with Crippen LogP contribution in [0.4, 0.5) is 0 Å². The molecule has 3 heteroatoms. The molecule has 0 aliphatic heterocycles. The first-order chi connectivity index (χ1) is 10.6. The number of carboxylic acids is 1. The summed E-state index contributed by atoms with van der Waals surface area (Å²) in [5.41, 5.74) is 2.42. The molecule has 2 rings (SSSR count). The van der Waals surface area contributed by atoms with Gasteiger partial charge in [-0.25, -0.2) is 0 Å². The van der Waals surface area contributed by atoms with Crippen molar-refractivity contribution in [3.05, 3.63) is 71.8 Å². The Labute approximate surface area is 132 Å². The second-order valence-corrected chi connectivity index (χ2v) is 5.75. The normalized spacial score (nSPS) is 15.0. The Morgan fingerprint density at radius 2 is 1.45 bits per heavy atom. The highest BCUT2D eigenvalue weighted by Crippen LogP contribution is 2.31. The fourth-order valence-corrected chi connectivity index (χ4v) is 2.77. The van der Waals surface area contributed by atoms with Crippen molar-refractivity contribution in [2.75, 3.05) is 0 Å². The molecule has 0 spiro atoms. The zero-order valence-corrected chi connectivity index (χ0v) is 13.1. The van der Waals surface area contributed by atoms with Crippen molar-refractivity contribution in [3.8, 4) is 0 Å². The Bertz CT molecular complexity index is 583. The van der Waals surface area contributed by atoms with E-state index >= 15 is 0 Å². The summed E-state index contributed by atoms with van der Waals surface area (Å²) in [4.78, 5) is 10.9. The highest BCUT2D eigenvalue weighted by Gasteiger charge is 2.23. The van der Waals surface area contributed by atoms with Crippen LogP contribution in [0, 0.1) is 0 Å². The monoisotopic (exact) mass is 297 g/mol. The molecule has 0 saturated heterocycles. The van der Waals surface area contributed by atoms with E-state index in [1.807, 2.05) is 43.3 Å². The number of benzene rings is 2. The van der Waals surface area contributed by atoms with Gasteiger partial charge in [0.2, 0.25) is 0 Å². The number of hydrogen-bond donors (Lipinski definition) is 2. The number of hydrogen-bond acceptors (Lipinski definition) is 2. The van der Waals surface area contributed by atoms with E-state index in [1.165, 1.54) is 11.1 Å². The quantitative estimate of drug-likeness (QED) is 0.812. The van der Waals surface area contributed by atoms with E-state index in [9.17, 15) is 4.79 Å². The molecule has 0 aliphatic rings. The van der Waals surface area contributed by atoms with Crippen molar-refractivity contribution in [2.45, 2.75) is 38.3 Å². The van der Waals surface area contributed by atoms with Gasteiger partial charge in [0, 0.05) is 18.0 Å². The first-order valence-corrected chi connectivity index (χ1v) is 7.65. The van der Waals surface area contributed by atoms with Gasteiger partial charge < -0.3 is 10.4 Å². The Morgan fingerprint density at radius 3 is 1.95 bits per heavy atom. The van der Waals surface area contributed by atoms with Crippen LogP contribution in [0.5, 0.6) is 0 Å². The van der Waals surface area contributed by atoms with Gasteiger partial charge in [-0.1, -0.05) is 67.6 Å². The van der Waals surface area contributed by atoms with Crippen molar-refractivity contribution in [2.24, 2.45) is 0 Å². The predicted molar refractivity (Wildman–Crippen MR) is 88.9 cm³/mol. The molecule has 116 valence electrons. The third-order valence-corrected chi connectivity index (χ3v) is 3.93. The first kappa shape index (κ1) is 16.2. The standard InChI is InChI=1S/C19H23NO2/c1-14(13-18(21)22)20-19(17-11-7-4-8-12-17)15(2)16-9-5-3-6-10-16/h3-12,14-15,19-20H,13H2,1-2H3,(H,21,22)/t14-,15?,19-/m0/s1. The van der Waals surface area contributed by atoms with Crippen LogP contribution >= 0.6 is 0 Å². The van der Waals surface area contributed by atoms with Gasteiger partial charge in [-0.15, -0.1) is 0 Å². The van der Waals surface area contributed by atoms with Crippen LogP contribution in [0.2, 0.25) is 0 Å². The lowest BCUT2D eigenvalue weighted by Crippen LogP contribution is -2.35. The summed E-state index contributed by atoms with van der Waals surface area (Å²) >= 11 is 0. The maximum Gasteiger partial charge on any atom is 0.304 e. The highest BCUT2D eigenvalue weighted by molar-refractivity contribution is 5.67. The lowest BCUT2D eigenvalue weighted by atomic mass is 9.88. The summed E-state index contributed by atoms with van der Waals surface area (Å²) in [6.07, 6.45) is 0.116. The number of rotatable bonds is 7. The first-order valence-electron chi connectivity index (χ1n) is 7.65. The van der Waals surface area contributed by atoms with Crippen molar-refractivity contribution in [1.82, 2.24) is 5.32 Å². The summed E-state index contributed by atoms with van der Waals surface area (Å²) in [5, 5.41) is 12.5. The number of nitrogens with one attached hydrogen (secondary N) is 1. The summed E-state index contributed by atoms with van der Waals surface area (Å²) in [6, 6.07) is 20.5. The molecule has 0 heterocycles. The third kappa shape index (κ3) is 4.43. The van der Waals surface area contributed by atoms with Gasteiger partial charge in [-0.05, 0) is 18.1 Å². The third-order valence-electron chi connectivity index (χ3n) is 3.93. The predicted octanol–water partition coefficient (Wildman–Crippen LogP) is 3.98. The fourth-order valence-electron chi connectivity index (χ4n) is 2.77. The fraction of sp³-hybridized carbons (Fsp3) is 0.316. The minimum absolute atomic E-state index is 0.0814. The van der Waals surface area contributed by atoms with Gasteiger partial charge in [-0.3, -0.25) is 4.79 Å². The van der Waals surface area contributed by atoms with E-state index in [0.717, 1.165) is 0 Å². The lowest BCUT2D eigenvalue weighted by molar-refractivity contribution is -0.137. The highest BCUT2D eigenvalue weighted by atomic mass is 16.4. The molecule has 0 amide bonds. The van der Waals surface area contributed by atoms with E-state index in [1.54, 1.807) is 0 Å².